The molecule has 2 N–H and O–H groups in total. The summed E-state index contributed by atoms with van der Waals surface area (Å²) in [5.41, 5.74) is 12.2. The van der Waals surface area contributed by atoms with E-state index in [0.717, 1.165) is 41.2 Å². The summed E-state index contributed by atoms with van der Waals surface area (Å²) in [5.74, 6) is 1.62. The molecule has 4 heteroatoms. The summed E-state index contributed by atoms with van der Waals surface area (Å²) in [6.07, 6.45) is 1.83. The summed E-state index contributed by atoms with van der Waals surface area (Å²) in [6.45, 7) is 9.26. The molecule has 2 aromatic heterocycles. The van der Waals surface area contributed by atoms with Gasteiger partial charge in [-0.05, 0) is 62.1 Å². The Morgan fingerprint density at radius 1 is 1.08 bits per heavy atom. The fraction of sp³-hybridized carbons (Fsp3) is 0.400. The van der Waals surface area contributed by atoms with E-state index in [2.05, 4.69) is 55.7 Å². The van der Waals surface area contributed by atoms with Gasteiger partial charge in [-0.3, -0.25) is 4.57 Å². The molecule has 0 radical (unpaired) electrons. The second kappa shape index (κ2) is 6.73. The first kappa shape index (κ1) is 16.7. The number of nitrogens with two attached hydrogens (primary N) is 1. The second-order valence-corrected chi connectivity index (χ2v) is 6.92. The highest BCUT2D eigenvalue weighted by Crippen LogP contribution is 2.25. The van der Waals surface area contributed by atoms with Crippen molar-refractivity contribution in [3.05, 3.63) is 53.0 Å². The lowest BCUT2D eigenvalue weighted by atomic mass is 10.1. The predicted octanol–water partition coefficient (Wildman–Crippen LogP) is 3.74. The fourth-order valence-electron chi connectivity index (χ4n) is 3.16. The van der Waals surface area contributed by atoms with Gasteiger partial charge in [0.05, 0.1) is 0 Å². The summed E-state index contributed by atoms with van der Waals surface area (Å²) in [6, 6.07) is 10.7. The van der Waals surface area contributed by atoms with Crippen LogP contribution >= 0.6 is 0 Å². The number of aryl methyl sites for hydroxylation is 2. The van der Waals surface area contributed by atoms with E-state index in [9.17, 15) is 0 Å². The van der Waals surface area contributed by atoms with E-state index in [-0.39, 0.29) is 0 Å². The summed E-state index contributed by atoms with van der Waals surface area (Å²) >= 11 is 0. The minimum absolute atomic E-state index is 0.540. The largest absolute Gasteiger partial charge is 0.330 e. The van der Waals surface area contributed by atoms with Crippen LogP contribution in [-0.4, -0.2) is 21.1 Å². The SMILES string of the molecule is Cc1cc(C)c2nc(CC(C)C)n(-c3ccc(CCN)cc3)c2n1. The molecule has 2 heterocycles. The van der Waals surface area contributed by atoms with Crippen LogP contribution in [0.1, 0.15) is 36.5 Å². The van der Waals surface area contributed by atoms with Gasteiger partial charge in [-0.25, -0.2) is 9.97 Å². The molecule has 126 valence electrons. The molecule has 0 aliphatic carbocycles. The van der Waals surface area contributed by atoms with E-state index in [1.807, 2.05) is 6.92 Å². The third-order valence-corrected chi connectivity index (χ3v) is 4.22. The van der Waals surface area contributed by atoms with Crippen molar-refractivity contribution >= 4 is 11.2 Å². The van der Waals surface area contributed by atoms with E-state index in [1.165, 1.54) is 11.1 Å². The van der Waals surface area contributed by atoms with Crippen LogP contribution in [0.4, 0.5) is 0 Å². The normalized spacial score (nSPS) is 11.6. The molecule has 0 fully saturated rings. The topological polar surface area (TPSA) is 56.7 Å². The van der Waals surface area contributed by atoms with Gasteiger partial charge < -0.3 is 5.73 Å². The average Bonchev–Trinajstić information content (AvgIpc) is 2.86. The van der Waals surface area contributed by atoms with E-state index in [4.69, 9.17) is 15.7 Å². The van der Waals surface area contributed by atoms with Crippen LogP contribution in [0.15, 0.2) is 30.3 Å². The van der Waals surface area contributed by atoms with Crippen molar-refractivity contribution in [2.24, 2.45) is 11.7 Å². The number of fused-ring (bicyclic) bond motifs is 1. The first-order valence-corrected chi connectivity index (χ1v) is 8.64. The molecular weight excluding hydrogens is 296 g/mol. The third-order valence-electron chi connectivity index (χ3n) is 4.22. The number of nitrogens with zero attached hydrogens (tertiary/aromatic N) is 3. The summed E-state index contributed by atoms with van der Waals surface area (Å²) in [4.78, 5) is 9.69. The van der Waals surface area contributed by atoms with E-state index in [0.29, 0.717) is 12.5 Å². The van der Waals surface area contributed by atoms with Gasteiger partial charge in [-0.15, -0.1) is 0 Å². The molecule has 0 spiro atoms. The maximum absolute atomic E-state index is 5.65. The fourth-order valence-corrected chi connectivity index (χ4v) is 3.16. The molecule has 3 aromatic rings. The summed E-state index contributed by atoms with van der Waals surface area (Å²) < 4.78 is 2.21. The first-order chi connectivity index (χ1) is 11.5. The van der Waals surface area contributed by atoms with E-state index < -0.39 is 0 Å². The predicted molar refractivity (Wildman–Crippen MR) is 99.6 cm³/mol. The Kier molecular flexibility index (Phi) is 4.67. The van der Waals surface area contributed by atoms with Crippen molar-refractivity contribution in [1.82, 2.24) is 14.5 Å². The Balaban J connectivity index is 2.19. The smallest absolute Gasteiger partial charge is 0.165 e. The lowest BCUT2D eigenvalue weighted by Gasteiger charge is -2.11. The quantitative estimate of drug-likeness (QED) is 0.778. The maximum atomic E-state index is 5.65. The maximum Gasteiger partial charge on any atom is 0.165 e. The van der Waals surface area contributed by atoms with Gasteiger partial charge in [0.15, 0.2) is 5.65 Å². The zero-order valence-corrected chi connectivity index (χ0v) is 15.0. The number of rotatable bonds is 5. The highest BCUT2D eigenvalue weighted by molar-refractivity contribution is 5.78. The van der Waals surface area contributed by atoms with Crippen LogP contribution in [0.25, 0.3) is 16.9 Å². The lowest BCUT2D eigenvalue weighted by Crippen LogP contribution is -2.06. The molecule has 4 nitrogen and oxygen atoms in total. The van der Waals surface area contributed by atoms with Crippen molar-refractivity contribution in [3.8, 4) is 5.69 Å². The Morgan fingerprint density at radius 2 is 1.79 bits per heavy atom. The van der Waals surface area contributed by atoms with Crippen LogP contribution in [0.2, 0.25) is 0 Å². The van der Waals surface area contributed by atoms with Crippen LogP contribution in [0, 0.1) is 19.8 Å². The summed E-state index contributed by atoms with van der Waals surface area (Å²) in [7, 11) is 0. The molecule has 0 saturated heterocycles. The number of pyridine rings is 1. The molecule has 0 aliphatic heterocycles. The highest BCUT2D eigenvalue weighted by Gasteiger charge is 2.16. The van der Waals surface area contributed by atoms with Crippen molar-refractivity contribution in [2.45, 2.75) is 40.5 Å². The van der Waals surface area contributed by atoms with Gasteiger partial charge in [0.25, 0.3) is 0 Å². The van der Waals surface area contributed by atoms with Gasteiger partial charge >= 0.3 is 0 Å². The zero-order chi connectivity index (χ0) is 17.3. The number of hydrogen-bond acceptors (Lipinski definition) is 3. The van der Waals surface area contributed by atoms with Crippen LogP contribution < -0.4 is 5.73 Å². The van der Waals surface area contributed by atoms with Crippen molar-refractivity contribution < 1.29 is 0 Å². The monoisotopic (exact) mass is 322 g/mol. The van der Waals surface area contributed by atoms with E-state index in [1.54, 1.807) is 0 Å². The van der Waals surface area contributed by atoms with Gasteiger partial charge in [-0.2, -0.15) is 0 Å². The molecule has 24 heavy (non-hydrogen) atoms. The third kappa shape index (κ3) is 3.20. The Hall–Kier alpha value is -2.20. The molecule has 0 unspecified atom stereocenters. The molecular formula is C20H26N4. The molecule has 3 rings (SSSR count). The highest BCUT2D eigenvalue weighted by atomic mass is 15.1. The van der Waals surface area contributed by atoms with Crippen molar-refractivity contribution in [1.29, 1.82) is 0 Å². The molecule has 0 bridgehead atoms. The zero-order valence-electron chi connectivity index (χ0n) is 15.0. The Bertz CT molecular complexity index is 844. The average molecular weight is 322 g/mol. The number of imidazole rings is 1. The van der Waals surface area contributed by atoms with E-state index >= 15 is 0 Å². The Labute approximate surface area is 143 Å². The van der Waals surface area contributed by atoms with Gasteiger partial charge in [0.1, 0.15) is 11.3 Å². The van der Waals surface area contributed by atoms with Crippen LogP contribution in [0.3, 0.4) is 0 Å². The minimum Gasteiger partial charge on any atom is -0.330 e. The van der Waals surface area contributed by atoms with Crippen molar-refractivity contribution in [3.63, 3.8) is 0 Å². The number of benzene rings is 1. The van der Waals surface area contributed by atoms with Crippen LogP contribution in [-0.2, 0) is 12.8 Å². The van der Waals surface area contributed by atoms with Crippen LogP contribution in [0.5, 0.6) is 0 Å². The summed E-state index contributed by atoms with van der Waals surface area (Å²) in [5, 5.41) is 0. The lowest BCUT2D eigenvalue weighted by molar-refractivity contribution is 0.616. The van der Waals surface area contributed by atoms with Crippen molar-refractivity contribution in [2.75, 3.05) is 6.54 Å². The molecule has 0 saturated carbocycles. The van der Waals surface area contributed by atoms with Gasteiger partial charge in [0.2, 0.25) is 0 Å². The van der Waals surface area contributed by atoms with Gasteiger partial charge in [0, 0.05) is 17.8 Å². The molecule has 0 aliphatic rings. The second-order valence-electron chi connectivity index (χ2n) is 6.92. The number of hydrogen-bond donors (Lipinski definition) is 1. The standard InChI is InChI=1S/C20H26N4/c1-13(2)11-18-23-19-14(3)12-15(4)22-20(19)24(18)17-7-5-16(6-8-17)9-10-21/h5-8,12-13H,9-11,21H2,1-4H3. The molecule has 0 amide bonds. The molecule has 0 atom stereocenters. The Morgan fingerprint density at radius 3 is 2.42 bits per heavy atom. The van der Waals surface area contributed by atoms with Gasteiger partial charge in [-0.1, -0.05) is 26.0 Å². The minimum atomic E-state index is 0.540. The first-order valence-electron chi connectivity index (χ1n) is 8.64. The number of aromatic nitrogens is 3. The molecule has 1 aromatic carbocycles.